The normalized spacial score (nSPS) is 25.4. The van der Waals surface area contributed by atoms with Gasteiger partial charge in [-0.2, -0.15) is 0 Å². The van der Waals surface area contributed by atoms with Crippen LogP contribution in [0.25, 0.3) is 0 Å². The minimum absolute atomic E-state index is 0.117. The van der Waals surface area contributed by atoms with Crippen LogP contribution < -0.4 is 10.1 Å². The van der Waals surface area contributed by atoms with Crippen molar-refractivity contribution in [3.8, 4) is 5.75 Å². The first-order chi connectivity index (χ1) is 9.99. The number of halogens is 2. The average molecular weight is 375 g/mol. The highest BCUT2D eigenvalue weighted by Crippen LogP contribution is 2.34. The van der Waals surface area contributed by atoms with E-state index in [1.54, 1.807) is 19.2 Å². The minimum Gasteiger partial charge on any atom is -0.496 e. The maximum absolute atomic E-state index is 12.6. The first-order valence-corrected chi connectivity index (χ1v) is 8.54. The second-order valence-corrected chi connectivity index (χ2v) is 7.10. The molecule has 2 atom stereocenters. The van der Waals surface area contributed by atoms with Crippen LogP contribution in [-0.4, -0.2) is 24.4 Å². The molecule has 1 N–H and O–H groups in total. The average Bonchev–Trinajstić information content (AvgIpc) is 2.46. The fourth-order valence-corrected chi connectivity index (χ4v) is 3.74. The molecule has 116 valence electrons. The number of ether oxygens (including phenoxy) is 1. The van der Waals surface area contributed by atoms with Gasteiger partial charge in [-0.3, -0.25) is 4.79 Å². The van der Waals surface area contributed by atoms with E-state index in [0.717, 1.165) is 23.7 Å². The number of alkyl halides is 1. The highest BCUT2D eigenvalue weighted by molar-refractivity contribution is 9.10. The molecule has 21 heavy (non-hydrogen) atoms. The second-order valence-electron chi connectivity index (χ2n) is 5.91. The highest BCUT2D eigenvalue weighted by Gasteiger charge is 2.36. The zero-order valence-corrected chi connectivity index (χ0v) is 14.8. The van der Waals surface area contributed by atoms with Gasteiger partial charge in [-0.15, -0.1) is 11.6 Å². The molecule has 3 nitrogen and oxygen atoms in total. The molecule has 1 aliphatic rings. The summed E-state index contributed by atoms with van der Waals surface area (Å²) < 4.78 is 6.18. The van der Waals surface area contributed by atoms with Gasteiger partial charge in [0.05, 0.1) is 18.2 Å². The number of methoxy groups -OCH3 is 1. The summed E-state index contributed by atoms with van der Waals surface area (Å²) in [6.07, 6.45) is 4.17. The summed E-state index contributed by atoms with van der Waals surface area (Å²) in [5, 5.41) is 3.16. The Labute approximate surface area is 139 Å². The van der Waals surface area contributed by atoms with Gasteiger partial charge >= 0.3 is 0 Å². The molecule has 2 rings (SSSR count). The van der Waals surface area contributed by atoms with E-state index < -0.39 is 0 Å². The Morgan fingerprint density at radius 3 is 2.95 bits per heavy atom. The van der Waals surface area contributed by atoms with Crippen LogP contribution >= 0.6 is 27.5 Å². The first kappa shape index (κ1) is 16.6. The molecule has 0 saturated heterocycles. The Kier molecular flexibility index (Phi) is 5.55. The predicted octanol–water partition coefficient (Wildman–Crippen LogP) is 4.38. The lowest BCUT2D eigenvalue weighted by Gasteiger charge is -2.39. The van der Waals surface area contributed by atoms with Crippen molar-refractivity contribution in [2.45, 2.75) is 38.1 Å². The van der Waals surface area contributed by atoms with E-state index in [-0.39, 0.29) is 11.4 Å². The number of amides is 1. The smallest absolute Gasteiger partial charge is 0.255 e. The summed E-state index contributed by atoms with van der Waals surface area (Å²) in [4.78, 5) is 12.6. The molecule has 0 bridgehead atoms. The van der Waals surface area contributed by atoms with Crippen LogP contribution in [-0.2, 0) is 0 Å². The summed E-state index contributed by atoms with van der Waals surface area (Å²) in [6.45, 7) is 2.22. The maximum atomic E-state index is 12.6. The molecule has 0 aromatic heterocycles. The van der Waals surface area contributed by atoms with Gasteiger partial charge in [0.2, 0.25) is 0 Å². The molecule has 1 aliphatic carbocycles. The summed E-state index contributed by atoms with van der Waals surface area (Å²) >= 11 is 9.56. The molecular formula is C16H21BrClNO2. The maximum Gasteiger partial charge on any atom is 0.255 e. The van der Waals surface area contributed by atoms with Gasteiger partial charge in [-0.05, 0) is 37.0 Å². The minimum atomic E-state index is -0.297. The first-order valence-electron chi connectivity index (χ1n) is 7.22. The van der Waals surface area contributed by atoms with E-state index >= 15 is 0 Å². The molecule has 0 heterocycles. The Morgan fingerprint density at radius 2 is 2.33 bits per heavy atom. The Bertz CT molecular complexity index is 523. The Balaban J connectivity index is 2.20. The van der Waals surface area contributed by atoms with Crippen LogP contribution in [0.1, 0.15) is 43.0 Å². The molecule has 0 spiro atoms. The van der Waals surface area contributed by atoms with E-state index in [1.165, 1.54) is 6.42 Å². The fourth-order valence-electron chi connectivity index (χ4n) is 3.09. The van der Waals surface area contributed by atoms with Crippen LogP contribution in [0, 0.1) is 5.92 Å². The van der Waals surface area contributed by atoms with E-state index in [1.807, 2.05) is 6.07 Å². The number of benzene rings is 1. The van der Waals surface area contributed by atoms with Crippen LogP contribution in [0.2, 0.25) is 0 Å². The van der Waals surface area contributed by atoms with Crippen molar-refractivity contribution >= 4 is 33.4 Å². The SMILES string of the molecule is COc1cc(Br)ccc1C(=O)NC1(CCl)CCCC(C)C1. The lowest BCUT2D eigenvalue weighted by atomic mass is 9.77. The summed E-state index contributed by atoms with van der Waals surface area (Å²) in [5.41, 5.74) is 0.248. The van der Waals surface area contributed by atoms with E-state index in [9.17, 15) is 4.79 Å². The standard InChI is InChI=1S/C16H21BrClNO2/c1-11-4-3-7-16(9-11,10-18)19-15(20)13-6-5-12(17)8-14(13)21-2/h5-6,8,11H,3-4,7,9-10H2,1-2H3,(H,19,20). The second kappa shape index (κ2) is 7.01. The number of hydrogen-bond donors (Lipinski definition) is 1. The van der Waals surface area contributed by atoms with Crippen molar-refractivity contribution in [2.75, 3.05) is 13.0 Å². The van der Waals surface area contributed by atoms with Gasteiger partial charge in [0.25, 0.3) is 5.91 Å². The zero-order chi connectivity index (χ0) is 15.5. The van der Waals surface area contributed by atoms with Crippen molar-refractivity contribution in [2.24, 2.45) is 5.92 Å². The molecule has 1 saturated carbocycles. The van der Waals surface area contributed by atoms with Crippen LogP contribution in [0.4, 0.5) is 0 Å². The topological polar surface area (TPSA) is 38.3 Å². The van der Waals surface area contributed by atoms with Crippen LogP contribution in [0.5, 0.6) is 5.75 Å². The van der Waals surface area contributed by atoms with Crippen LogP contribution in [0.3, 0.4) is 0 Å². The molecule has 1 fully saturated rings. The van der Waals surface area contributed by atoms with Crippen molar-refractivity contribution in [1.82, 2.24) is 5.32 Å². The van der Waals surface area contributed by atoms with Gasteiger partial charge in [0, 0.05) is 10.4 Å². The number of nitrogens with one attached hydrogen (secondary N) is 1. The molecule has 1 amide bonds. The molecule has 5 heteroatoms. The van der Waals surface area contributed by atoms with Crippen molar-refractivity contribution in [3.05, 3.63) is 28.2 Å². The van der Waals surface area contributed by atoms with Crippen molar-refractivity contribution < 1.29 is 9.53 Å². The number of carbonyl (C=O) groups is 1. The molecule has 0 aliphatic heterocycles. The molecular weight excluding hydrogens is 354 g/mol. The number of rotatable bonds is 4. The van der Waals surface area contributed by atoms with Gasteiger partial charge in [-0.25, -0.2) is 0 Å². The van der Waals surface area contributed by atoms with E-state index in [0.29, 0.717) is 23.1 Å². The molecule has 1 aromatic rings. The van der Waals surface area contributed by atoms with Gasteiger partial charge in [0.15, 0.2) is 0 Å². The lowest BCUT2D eigenvalue weighted by molar-refractivity contribution is 0.0864. The number of carbonyl (C=O) groups excluding carboxylic acids is 1. The summed E-state index contributed by atoms with van der Waals surface area (Å²) in [7, 11) is 1.57. The molecule has 0 radical (unpaired) electrons. The zero-order valence-electron chi connectivity index (χ0n) is 12.4. The third-order valence-electron chi connectivity index (χ3n) is 4.13. The fraction of sp³-hybridized carbons (Fsp3) is 0.562. The van der Waals surface area contributed by atoms with Gasteiger partial charge in [0.1, 0.15) is 5.75 Å². The third-order valence-corrected chi connectivity index (χ3v) is 5.14. The van der Waals surface area contributed by atoms with Gasteiger partial charge in [-0.1, -0.05) is 35.7 Å². The molecule has 1 aromatic carbocycles. The lowest BCUT2D eigenvalue weighted by Crippen LogP contribution is -2.52. The highest BCUT2D eigenvalue weighted by atomic mass is 79.9. The van der Waals surface area contributed by atoms with Crippen LogP contribution in [0.15, 0.2) is 22.7 Å². The third kappa shape index (κ3) is 3.92. The van der Waals surface area contributed by atoms with E-state index in [4.69, 9.17) is 16.3 Å². The van der Waals surface area contributed by atoms with E-state index in [2.05, 4.69) is 28.2 Å². The molecule has 2 unspecified atom stereocenters. The Hall–Kier alpha value is -0.740. The summed E-state index contributed by atoms with van der Waals surface area (Å²) in [6, 6.07) is 5.41. The quantitative estimate of drug-likeness (QED) is 0.794. The van der Waals surface area contributed by atoms with Crippen molar-refractivity contribution in [1.29, 1.82) is 0 Å². The monoisotopic (exact) mass is 373 g/mol. The largest absolute Gasteiger partial charge is 0.496 e. The summed E-state index contributed by atoms with van der Waals surface area (Å²) in [5.74, 6) is 1.48. The predicted molar refractivity (Wildman–Crippen MR) is 89.2 cm³/mol. The van der Waals surface area contributed by atoms with Crippen molar-refractivity contribution in [3.63, 3.8) is 0 Å². The van der Waals surface area contributed by atoms with Gasteiger partial charge < -0.3 is 10.1 Å². The number of hydrogen-bond acceptors (Lipinski definition) is 2. The Morgan fingerprint density at radius 1 is 1.57 bits per heavy atom.